The quantitative estimate of drug-likeness (QED) is 0.657. The molecule has 0 fully saturated rings. The molecular formula is C11H14Cl3NO. The fourth-order valence-corrected chi connectivity index (χ4v) is 1.90. The van der Waals surface area contributed by atoms with Gasteiger partial charge >= 0.3 is 0 Å². The molecule has 5 heteroatoms. The molecule has 0 aliphatic heterocycles. The predicted molar refractivity (Wildman–Crippen MR) is 72.2 cm³/mol. The molecule has 0 saturated carbocycles. The van der Waals surface area contributed by atoms with Crippen molar-refractivity contribution in [3.8, 4) is 5.75 Å². The van der Waals surface area contributed by atoms with Crippen molar-refractivity contribution in [3.63, 3.8) is 0 Å². The fourth-order valence-electron chi connectivity index (χ4n) is 1.28. The molecular weight excluding hydrogens is 268 g/mol. The molecule has 0 saturated heterocycles. The molecule has 0 atom stereocenters. The van der Waals surface area contributed by atoms with Crippen LogP contribution in [0.15, 0.2) is 24.8 Å². The molecule has 0 amide bonds. The van der Waals surface area contributed by atoms with E-state index in [2.05, 4.69) is 11.9 Å². The highest BCUT2D eigenvalue weighted by atomic mass is 35.5. The smallest absolute Gasteiger partial charge is 0.142 e. The standard InChI is InChI=1S/C11H13Cl2NO.ClH/c1-3-4-14-7-8-5-9(12)6-10(13)11(8)15-2;/h3,5-6,14H,1,4,7H2,2H3;1H. The Bertz CT molecular complexity index is 355. The summed E-state index contributed by atoms with van der Waals surface area (Å²) in [5.74, 6) is 0.664. The van der Waals surface area contributed by atoms with Gasteiger partial charge in [0.15, 0.2) is 0 Å². The van der Waals surface area contributed by atoms with Gasteiger partial charge in [0, 0.05) is 23.7 Å². The maximum atomic E-state index is 5.99. The van der Waals surface area contributed by atoms with Gasteiger partial charge in [-0.15, -0.1) is 19.0 Å². The van der Waals surface area contributed by atoms with Gasteiger partial charge in [-0.1, -0.05) is 29.3 Å². The Kier molecular flexibility index (Phi) is 7.60. The number of hydrogen-bond donors (Lipinski definition) is 1. The Balaban J connectivity index is 0.00000225. The summed E-state index contributed by atoms with van der Waals surface area (Å²) in [6.45, 7) is 5.00. The first-order chi connectivity index (χ1) is 7.19. The van der Waals surface area contributed by atoms with Crippen molar-refractivity contribution in [2.45, 2.75) is 6.54 Å². The van der Waals surface area contributed by atoms with Crippen molar-refractivity contribution in [2.24, 2.45) is 0 Å². The third kappa shape index (κ3) is 4.22. The number of methoxy groups -OCH3 is 1. The van der Waals surface area contributed by atoms with Gasteiger partial charge in [0.25, 0.3) is 0 Å². The average Bonchev–Trinajstić information content (AvgIpc) is 2.17. The Morgan fingerprint density at radius 3 is 2.69 bits per heavy atom. The van der Waals surface area contributed by atoms with E-state index in [1.54, 1.807) is 19.3 Å². The first kappa shape index (κ1) is 15.6. The van der Waals surface area contributed by atoms with Gasteiger partial charge in [-0.05, 0) is 12.1 Å². The molecule has 2 nitrogen and oxygen atoms in total. The highest BCUT2D eigenvalue weighted by molar-refractivity contribution is 6.35. The lowest BCUT2D eigenvalue weighted by Gasteiger charge is -2.11. The SMILES string of the molecule is C=CCNCc1cc(Cl)cc(Cl)c1OC.Cl. The summed E-state index contributed by atoms with van der Waals surface area (Å²) in [6, 6.07) is 3.50. The predicted octanol–water partition coefficient (Wildman–Crippen LogP) is 3.70. The third-order valence-electron chi connectivity index (χ3n) is 1.89. The molecule has 0 unspecified atom stereocenters. The van der Waals surface area contributed by atoms with E-state index in [-0.39, 0.29) is 12.4 Å². The van der Waals surface area contributed by atoms with Gasteiger partial charge < -0.3 is 10.1 Å². The minimum absolute atomic E-state index is 0. The van der Waals surface area contributed by atoms with E-state index in [1.807, 2.05) is 6.07 Å². The molecule has 1 aromatic rings. The second-order valence-electron chi connectivity index (χ2n) is 3.00. The Labute approximate surface area is 112 Å². The number of hydrogen-bond acceptors (Lipinski definition) is 2. The zero-order valence-electron chi connectivity index (χ0n) is 8.93. The van der Waals surface area contributed by atoms with E-state index in [0.717, 1.165) is 12.1 Å². The monoisotopic (exact) mass is 281 g/mol. The van der Waals surface area contributed by atoms with Crippen LogP contribution in [0.3, 0.4) is 0 Å². The lowest BCUT2D eigenvalue weighted by atomic mass is 10.2. The van der Waals surface area contributed by atoms with Crippen molar-refractivity contribution < 1.29 is 4.74 Å². The lowest BCUT2D eigenvalue weighted by molar-refractivity contribution is 0.408. The second kappa shape index (κ2) is 7.80. The van der Waals surface area contributed by atoms with Crippen LogP contribution in [0.4, 0.5) is 0 Å². The topological polar surface area (TPSA) is 21.3 Å². The van der Waals surface area contributed by atoms with E-state index in [9.17, 15) is 0 Å². The van der Waals surface area contributed by atoms with Crippen LogP contribution in [0.5, 0.6) is 5.75 Å². The highest BCUT2D eigenvalue weighted by Crippen LogP contribution is 2.31. The molecule has 0 radical (unpaired) electrons. The minimum atomic E-state index is 0. The normalized spacial score (nSPS) is 9.44. The van der Waals surface area contributed by atoms with Crippen molar-refractivity contribution in [2.75, 3.05) is 13.7 Å². The molecule has 1 aromatic carbocycles. The zero-order chi connectivity index (χ0) is 11.3. The number of ether oxygens (including phenoxy) is 1. The van der Waals surface area contributed by atoms with Crippen molar-refractivity contribution >= 4 is 35.6 Å². The van der Waals surface area contributed by atoms with Crippen LogP contribution in [-0.4, -0.2) is 13.7 Å². The van der Waals surface area contributed by atoms with E-state index in [0.29, 0.717) is 22.3 Å². The van der Waals surface area contributed by atoms with E-state index in [4.69, 9.17) is 27.9 Å². The first-order valence-electron chi connectivity index (χ1n) is 4.52. The largest absolute Gasteiger partial charge is 0.495 e. The van der Waals surface area contributed by atoms with E-state index in [1.165, 1.54) is 0 Å². The van der Waals surface area contributed by atoms with Gasteiger partial charge in [-0.3, -0.25) is 0 Å². The van der Waals surface area contributed by atoms with Gasteiger partial charge in [-0.2, -0.15) is 0 Å². The Hall–Kier alpha value is -0.410. The molecule has 0 bridgehead atoms. The van der Waals surface area contributed by atoms with Crippen LogP contribution in [0.1, 0.15) is 5.56 Å². The number of nitrogens with one attached hydrogen (secondary N) is 1. The van der Waals surface area contributed by atoms with Crippen LogP contribution >= 0.6 is 35.6 Å². The summed E-state index contributed by atoms with van der Waals surface area (Å²) < 4.78 is 5.21. The molecule has 0 spiro atoms. The van der Waals surface area contributed by atoms with Gasteiger partial charge in [0.1, 0.15) is 5.75 Å². The second-order valence-corrected chi connectivity index (χ2v) is 3.84. The van der Waals surface area contributed by atoms with Crippen LogP contribution in [-0.2, 0) is 6.54 Å². The van der Waals surface area contributed by atoms with Crippen molar-refractivity contribution in [1.82, 2.24) is 5.32 Å². The molecule has 1 N–H and O–H groups in total. The molecule has 0 aliphatic rings. The summed E-state index contributed by atoms with van der Waals surface area (Å²) in [5, 5.41) is 4.30. The van der Waals surface area contributed by atoms with Crippen LogP contribution in [0.2, 0.25) is 10.0 Å². The lowest BCUT2D eigenvalue weighted by Crippen LogP contribution is -2.13. The number of rotatable bonds is 5. The molecule has 16 heavy (non-hydrogen) atoms. The average molecular weight is 283 g/mol. The van der Waals surface area contributed by atoms with Crippen molar-refractivity contribution in [3.05, 3.63) is 40.4 Å². The maximum Gasteiger partial charge on any atom is 0.142 e. The summed E-state index contributed by atoms with van der Waals surface area (Å²) in [7, 11) is 1.59. The van der Waals surface area contributed by atoms with Gasteiger partial charge in [-0.25, -0.2) is 0 Å². The maximum absolute atomic E-state index is 5.99. The van der Waals surface area contributed by atoms with Crippen molar-refractivity contribution in [1.29, 1.82) is 0 Å². The summed E-state index contributed by atoms with van der Waals surface area (Å²) >= 11 is 11.9. The Morgan fingerprint density at radius 2 is 2.12 bits per heavy atom. The molecule has 0 heterocycles. The summed E-state index contributed by atoms with van der Waals surface area (Å²) in [6.07, 6.45) is 1.79. The molecule has 90 valence electrons. The molecule has 0 aromatic heterocycles. The van der Waals surface area contributed by atoms with Crippen LogP contribution in [0.25, 0.3) is 0 Å². The van der Waals surface area contributed by atoms with Gasteiger partial charge in [0.2, 0.25) is 0 Å². The highest BCUT2D eigenvalue weighted by Gasteiger charge is 2.08. The number of benzene rings is 1. The molecule has 0 aliphatic carbocycles. The van der Waals surface area contributed by atoms with E-state index >= 15 is 0 Å². The van der Waals surface area contributed by atoms with Gasteiger partial charge in [0.05, 0.1) is 12.1 Å². The summed E-state index contributed by atoms with van der Waals surface area (Å²) in [5.41, 5.74) is 0.942. The van der Waals surface area contributed by atoms with Crippen LogP contribution in [0, 0.1) is 0 Å². The molecule has 1 rings (SSSR count). The first-order valence-corrected chi connectivity index (χ1v) is 5.28. The van der Waals surface area contributed by atoms with Crippen LogP contribution < -0.4 is 10.1 Å². The van der Waals surface area contributed by atoms with E-state index < -0.39 is 0 Å². The third-order valence-corrected chi connectivity index (χ3v) is 2.39. The fraction of sp³-hybridized carbons (Fsp3) is 0.273. The zero-order valence-corrected chi connectivity index (χ0v) is 11.3. The minimum Gasteiger partial charge on any atom is -0.495 e. The summed E-state index contributed by atoms with van der Waals surface area (Å²) in [4.78, 5) is 0. The Morgan fingerprint density at radius 1 is 1.44 bits per heavy atom. The number of halogens is 3.